The van der Waals surface area contributed by atoms with Crippen LogP contribution >= 0.6 is 0 Å². The largest absolute Gasteiger partial charge is 0.103 e. The van der Waals surface area contributed by atoms with Crippen molar-refractivity contribution in [3.05, 3.63) is 37.5 Å². The Morgan fingerprint density at radius 2 is 0.900 bits per heavy atom. The van der Waals surface area contributed by atoms with Crippen molar-refractivity contribution in [2.75, 3.05) is 0 Å². The summed E-state index contributed by atoms with van der Waals surface area (Å²) in [5.41, 5.74) is 1.47. The van der Waals surface area contributed by atoms with Crippen LogP contribution in [0.25, 0.3) is 0 Å². The molecule has 0 aliphatic heterocycles. The third-order valence-electron chi connectivity index (χ3n) is 3.88. The number of hydrogen-bond donors (Lipinski definition) is 0. The lowest BCUT2D eigenvalue weighted by Gasteiger charge is -2.06. The van der Waals surface area contributed by atoms with Crippen LogP contribution in [0.4, 0.5) is 0 Å². The third-order valence-corrected chi connectivity index (χ3v) is 3.88. The Morgan fingerprint density at radius 1 is 0.550 bits per heavy atom. The minimum absolute atomic E-state index is 1.17. The molecule has 0 atom stereocenters. The first-order valence-corrected chi connectivity index (χ1v) is 8.69. The van der Waals surface area contributed by atoms with Crippen LogP contribution in [0.2, 0.25) is 0 Å². The quantitative estimate of drug-likeness (QED) is 0.204. The van der Waals surface area contributed by atoms with Gasteiger partial charge in [-0.1, -0.05) is 62.8 Å². The summed E-state index contributed by atoms with van der Waals surface area (Å²) >= 11 is 0. The second kappa shape index (κ2) is 16.3. The first-order valence-electron chi connectivity index (χ1n) is 8.69. The van der Waals surface area contributed by atoms with E-state index in [2.05, 4.69) is 19.7 Å². The first kappa shape index (κ1) is 19.2. The highest BCUT2D eigenvalue weighted by molar-refractivity contribution is 4.93. The van der Waals surface area contributed by atoms with Crippen molar-refractivity contribution < 1.29 is 0 Å². The smallest absolute Gasteiger partial charge is 0.0323 e. The lowest BCUT2D eigenvalue weighted by atomic mass is 10.0. The molecule has 0 fully saturated rings. The normalized spacial score (nSPS) is 10.4. The maximum Gasteiger partial charge on any atom is -0.0323 e. The van der Waals surface area contributed by atoms with Gasteiger partial charge in [0.1, 0.15) is 0 Å². The van der Waals surface area contributed by atoms with Crippen molar-refractivity contribution in [2.24, 2.45) is 0 Å². The maximum absolute atomic E-state index is 4.22. The molecule has 0 heterocycles. The van der Waals surface area contributed by atoms with Gasteiger partial charge < -0.3 is 0 Å². The molecule has 0 heteroatoms. The molecule has 0 aliphatic rings. The summed E-state index contributed by atoms with van der Waals surface area (Å²) < 4.78 is 0. The summed E-state index contributed by atoms with van der Waals surface area (Å²) in [5, 5.41) is 0. The SMILES string of the molecule is C=CCCCCCCCCC(=C)CCCCCCC=C. The van der Waals surface area contributed by atoms with Crippen LogP contribution in [0.3, 0.4) is 0 Å². The Labute approximate surface area is 128 Å². The zero-order valence-corrected chi connectivity index (χ0v) is 13.7. The van der Waals surface area contributed by atoms with Gasteiger partial charge in [0, 0.05) is 0 Å². The lowest BCUT2D eigenvalue weighted by molar-refractivity contribution is 0.585. The average molecular weight is 277 g/mol. The maximum atomic E-state index is 4.22. The molecule has 0 aromatic rings. The van der Waals surface area contributed by atoms with E-state index in [0.717, 1.165) is 0 Å². The second-order valence-corrected chi connectivity index (χ2v) is 5.94. The van der Waals surface area contributed by atoms with E-state index in [-0.39, 0.29) is 0 Å². The van der Waals surface area contributed by atoms with E-state index in [1.165, 1.54) is 95.5 Å². The molecule has 0 N–H and O–H groups in total. The zero-order valence-electron chi connectivity index (χ0n) is 13.7. The van der Waals surface area contributed by atoms with Gasteiger partial charge in [-0.05, 0) is 51.4 Å². The van der Waals surface area contributed by atoms with Crippen molar-refractivity contribution in [1.29, 1.82) is 0 Å². The molecule has 0 bridgehead atoms. The van der Waals surface area contributed by atoms with Gasteiger partial charge in [-0.3, -0.25) is 0 Å². The van der Waals surface area contributed by atoms with E-state index < -0.39 is 0 Å². The van der Waals surface area contributed by atoms with E-state index in [4.69, 9.17) is 0 Å². The standard InChI is InChI=1S/C20H36/c1-4-6-8-10-12-13-15-17-19-20(3)18-16-14-11-9-7-5-2/h4-5H,1-3,6-19H2. The summed E-state index contributed by atoms with van der Waals surface area (Å²) in [6, 6.07) is 0. The minimum Gasteiger partial charge on any atom is -0.103 e. The zero-order chi connectivity index (χ0) is 14.9. The fourth-order valence-corrected chi connectivity index (χ4v) is 2.51. The highest BCUT2D eigenvalue weighted by Crippen LogP contribution is 2.16. The fraction of sp³-hybridized carbons (Fsp3) is 0.700. The molecule has 0 unspecified atom stereocenters. The molecule has 0 aromatic heterocycles. The second-order valence-electron chi connectivity index (χ2n) is 5.94. The summed E-state index contributed by atoms with van der Waals surface area (Å²) in [6.45, 7) is 11.7. The van der Waals surface area contributed by atoms with Gasteiger partial charge in [-0.15, -0.1) is 13.2 Å². The Hall–Kier alpha value is -0.780. The molecule has 0 aromatic carbocycles. The molecule has 0 saturated heterocycles. The van der Waals surface area contributed by atoms with Crippen molar-refractivity contribution in [3.63, 3.8) is 0 Å². The fourth-order valence-electron chi connectivity index (χ4n) is 2.51. The van der Waals surface area contributed by atoms with Crippen LogP contribution in [-0.4, -0.2) is 0 Å². The first-order chi connectivity index (χ1) is 9.81. The highest BCUT2D eigenvalue weighted by atomic mass is 14.0. The van der Waals surface area contributed by atoms with Gasteiger partial charge in [0.05, 0.1) is 0 Å². The van der Waals surface area contributed by atoms with Gasteiger partial charge in [0.2, 0.25) is 0 Å². The van der Waals surface area contributed by atoms with Crippen LogP contribution in [-0.2, 0) is 0 Å². The molecular formula is C20H36. The summed E-state index contributed by atoms with van der Waals surface area (Å²) in [4.78, 5) is 0. The summed E-state index contributed by atoms with van der Waals surface area (Å²) in [5.74, 6) is 0. The molecule has 0 aliphatic carbocycles. The van der Waals surface area contributed by atoms with E-state index in [9.17, 15) is 0 Å². The van der Waals surface area contributed by atoms with Crippen LogP contribution in [0, 0.1) is 0 Å². The van der Waals surface area contributed by atoms with E-state index >= 15 is 0 Å². The van der Waals surface area contributed by atoms with Crippen molar-refractivity contribution in [3.8, 4) is 0 Å². The minimum atomic E-state index is 1.17. The van der Waals surface area contributed by atoms with Crippen LogP contribution in [0.15, 0.2) is 37.5 Å². The van der Waals surface area contributed by atoms with Gasteiger partial charge in [-0.2, -0.15) is 0 Å². The number of unbranched alkanes of at least 4 members (excludes halogenated alkanes) is 10. The number of hydrogen-bond acceptors (Lipinski definition) is 0. The molecule has 0 saturated carbocycles. The van der Waals surface area contributed by atoms with Crippen molar-refractivity contribution in [2.45, 2.75) is 89.9 Å². The lowest BCUT2D eigenvalue weighted by Crippen LogP contribution is -1.86. The average Bonchev–Trinajstić information content (AvgIpc) is 2.45. The third kappa shape index (κ3) is 15.3. The Kier molecular flexibility index (Phi) is 15.6. The van der Waals surface area contributed by atoms with Gasteiger partial charge >= 0.3 is 0 Å². The molecule has 0 amide bonds. The predicted octanol–water partition coefficient (Wildman–Crippen LogP) is 7.38. The van der Waals surface area contributed by atoms with Gasteiger partial charge in [0.25, 0.3) is 0 Å². The van der Waals surface area contributed by atoms with Gasteiger partial charge in [0.15, 0.2) is 0 Å². The molecule has 116 valence electrons. The molecule has 20 heavy (non-hydrogen) atoms. The monoisotopic (exact) mass is 276 g/mol. The predicted molar refractivity (Wildman–Crippen MR) is 94.2 cm³/mol. The van der Waals surface area contributed by atoms with Gasteiger partial charge in [-0.25, -0.2) is 0 Å². The summed E-state index contributed by atoms with van der Waals surface area (Å²) in [7, 11) is 0. The van der Waals surface area contributed by atoms with Crippen LogP contribution < -0.4 is 0 Å². The Balaban J connectivity index is 3.16. The van der Waals surface area contributed by atoms with Crippen LogP contribution in [0.1, 0.15) is 89.9 Å². The van der Waals surface area contributed by atoms with Crippen molar-refractivity contribution >= 4 is 0 Å². The summed E-state index contributed by atoms with van der Waals surface area (Å²) in [6.07, 6.45) is 22.5. The van der Waals surface area contributed by atoms with Crippen LogP contribution in [0.5, 0.6) is 0 Å². The number of allylic oxidation sites excluding steroid dienone is 3. The highest BCUT2D eigenvalue weighted by Gasteiger charge is 1.97. The van der Waals surface area contributed by atoms with E-state index in [1.807, 2.05) is 12.2 Å². The topological polar surface area (TPSA) is 0 Å². The van der Waals surface area contributed by atoms with E-state index in [0.29, 0.717) is 0 Å². The molecular weight excluding hydrogens is 240 g/mol. The Morgan fingerprint density at radius 3 is 1.30 bits per heavy atom. The Bertz CT molecular complexity index is 236. The van der Waals surface area contributed by atoms with E-state index in [1.54, 1.807) is 0 Å². The number of rotatable bonds is 16. The molecule has 0 rings (SSSR count). The molecule has 0 radical (unpaired) electrons. The molecule has 0 nitrogen and oxygen atoms in total. The molecule has 0 spiro atoms. The van der Waals surface area contributed by atoms with Crippen molar-refractivity contribution in [1.82, 2.24) is 0 Å².